The fourth-order valence-electron chi connectivity index (χ4n) is 3.56. The van der Waals surface area contributed by atoms with Crippen molar-refractivity contribution in [2.24, 2.45) is 11.8 Å². The second kappa shape index (κ2) is 5.88. The number of rotatable bonds is 2. The summed E-state index contributed by atoms with van der Waals surface area (Å²) in [5.74, 6) is 2.75. The average Bonchev–Trinajstić information content (AvgIpc) is 2.87. The van der Waals surface area contributed by atoms with E-state index in [1.165, 1.54) is 28.4 Å². The van der Waals surface area contributed by atoms with E-state index in [-0.39, 0.29) is 0 Å². The topological polar surface area (TPSA) is 17.8 Å². The minimum Gasteiger partial charge on any atom is -0.328 e. The lowest BCUT2D eigenvalue weighted by Crippen LogP contribution is -2.22. The van der Waals surface area contributed by atoms with Gasteiger partial charge in [-0.25, -0.2) is 4.98 Å². The van der Waals surface area contributed by atoms with Crippen LogP contribution < -0.4 is 0 Å². The molecule has 0 N–H and O–H groups in total. The third-order valence-electron chi connectivity index (χ3n) is 4.32. The summed E-state index contributed by atoms with van der Waals surface area (Å²) in [5.41, 5.74) is 1.22. The van der Waals surface area contributed by atoms with Crippen molar-refractivity contribution in [3.8, 4) is 11.4 Å². The van der Waals surface area contributed by atoms with E-state index in [0.717, 1.165) is 17.7 Å². The molecule has 0 spiro atoms. The maximum absolute atomic E-state index is 4.60. The molecule has 106 valence electrons. The zero-order valence-corrected chi connectivity index (χ0v) is 14.2. The van der Waals surface area contributed by atoms with Crippen LogP contribution in [0.1, 0.15) is 39.2 Å². The first-order chi connectivity index (χ1) is 9.63. The summed E-state index contributed by atoms with van der Waals surface area (Å²) in [5, 5.41) is 0. The molecule has 2 unspecified atom stereocenters. The highest BCUT2D eigenvalue weighted by Gasteiger charge is 2.26. The van der Waals surface area contributed by atoms with Crippen LogP contribution in [0.4, 0.5) is 0 Å². The lowest BCUT2D eigenvalue weighted by molar-refractivity contribution is 0.222. The Hall–Kier alpha value is -0.840. The van der Waals surface area contributed by atoms with Gasteiger partial charge in [-0.1, -0.05) is 26.0 Å². The van der Waals surface area contributed by atoms with E-state index in [4.69, 9.17) is 0 Å². The Kier molecular flexibility index (Phi) is 4.15. The van der Waals surface area contributed by atoms with Gasteiger partial charge in [0.1, 0.15) is 5.82 Å². The number of aromatic nitrogens is 2. The van der Waals surface area contributed by atoms with Crippen molar-refractivity contribution in [2.45, 2.75) is 39.2 Å². The SMILES string of the molecule is CC1CC(C)CC(n2ccnc2-c2ccc(I)cc2)C1. The highest BCUT2D eigenvalue weighted by atomic mass is 127. The molecule has 1 fully saturated rings. The fraction of sp³-hybridized carbons (Fsp3) is 0.471. The molecule has 3 heteroatoms. The van der Waals surface area contributed by atoms with E-state index in [2.05, 4.69) is 76.5 Å². The van der Waals surface area contributed by atoms with Gasteiger partial charge < -0.3 is 4.57 Å². The minimum absolute atomic E-state index is 0.602. The Labute approximate surface area is 134 Å². The van der Waals surface area contributed by atoms with Crippen molar-refractivity contribution in [2.75, 3.05) is 0 Å². The molecule has 0 saturated heterocycles. The van der Waals surface area contributed by atoms with Gasteiger partial charge >= 0.3 is 0 Å². The molecular weight excluding hydrogens is 359 g/mol. The maximum Gasteiger partial charge on any atom is 0.140 e. The molecule has 0 bridgehead atoms. The van der Waals surface area contributed by atoms with Crippen LogP contribution in [0.5, 0.6) is 0 Å². The Balaban J connectivity index is 1.91. The first kappa shape index (κ1) is 14.1. The molecule has 0 aliphatic heterocycles. The summed E-state index contributed by atoms with van der Waals surface area (Å²) >= 11 is 2.34. The third-order valence-corrected chi connectivity index (χ3v) is 5.04. The molecule has 1 aliphatic rings. The van der Waals surface area contributed by atoms with Crippen LogP contribution in [0, 0.1) is 15.4 Å². The van der Waals surface area contributed by atoms with E-state index < -0.39 is 0 Å². The Morgan fingerprint density at radius 3 is 2.35 bits per heavy atom. The van der Waals surface area contributed by atoms with Gasteiger partial charge in [-0.15, -0.1) is 0 Å². The average molecular weight is 380 g/mol. The quantitative estimate of drug-likeness (QED) is 0.659. The van der Waals surface area contributed by atoms with Gasteiger partial charge in [0.15, 0.2) is 0 Å². The van der Waals surface area contributed by atoms with Gasteiger partial charge in [0.2, 0.25) is 0 Å². The summed E-state index contributed by atoms with van der Waals surface area (Å²) in [6, 6.07) is 9.26. The highest BCUT2D eigenvalue weighted by molar-refractivity contribution is 14.1. The molecule has 0 radical (unpaired) electrons. The van der Waals surface area contributed by atoms with Crippen LogP contribution in [0.2, 0.25) is 0 Å². The summed E-state index contributed by atoms with van der Waals surface area (Å²) in [4.78, 5) is 4.60. The van der Waals surface area contributed by atoms with Crippen LogP contribution in [-0.2, 0) is 0 Å². The van der Waals surface area contributed by atoms with Crippen LogP contribution in [0.15, 0.2) is 36.7 Å². The third kappa shape index (κ3) is 2.92. The van der Waals surface area contributed by atoms with Crippen molar-refractivity contribution >= 4 is 22.6 Å². The summed E-state index contributed by atoms with van der Waals surface area (Å²) in [7, 11) is 0. The second-order valence-corrected chi connectivity index (χ2v) is 7.48. The van der Waals surface area contributed by atoms with E-state index >= 15 is 0 Å². The monoisotopic (exact) mass is 380 g/mol. The van der Waals surface area contributed by atoms with Crippen LogP contribution in [0.25, 0.3) is 11.4 Å². The van der Waals surface area contributed by atoms with Crippen molar-refractivity contribution in [1.29, 1.82) is 0 Å². The minimum atomic E-state index is 0.602. The molecule has 1 heterocycles. The number of benzene rings is 1. The van der Waals surface area contributed by atoms with Gasteiger partial charge in [0, 0.05) is 27.6 Å². The molecule has 1 aromatic carbocycles. The van der Waals surface area contributed by atoms with Gasteiger partial charge in [-0.3, -0.25) is 0 Å². The highest BCUT2D eigenvalue weighted by Crippen LogP contribution is 2.37. The largest absolute Gasteiger partial charge is 0.328 e. The lowest BCUT2D eigenvalue weighted by Gasteiger charge is -2.33. The summed E-state index contributed by atoms with van der Waals surface area (Å²) in [6.45, 7) is 4.76. The van der Waals surface area contributed by atoms with Crippen molar-refractivity contribution in [1.82, 2.24) is 9.55 Å². The van der Waals surface area contributed by atoms with E-state index in [9.17, 15) is 0 Å². The first-order valence-electron chi connectivity index (χ1n) is 7.42. The Bertz CT molecular complexity index is 563. The Morgan fingerprint density at radius 1 is 1.05 bits per heavy atom. The summed E-state index contributed by atoms with van der Waals surface area (Å²) in [6.07, 6.45) is 8.01. The molecule has 2 atom stereocenters. The predicted molar refractivity (Wildman–Crippen MR) is 91.6 cm³/mol. The zero-order chi connectivity index (χ0) is 14.1. The van der Waals surface area contributed by atoms with Gasteiger partial charge in [-0.2, -0.15) is 0 Å². The fourth-order valence-corrected chi connectivity index (χ4v) is 3.92. The van der Waals surface area contributed by atoms with Gasteiger partial charge in [0.05, 0.1) is 0 Å². The first-order valence-corrected chi connectivity index (χ1v) is 8.50. The smallest absolute Gasteiger partial charge is 0.140 e. The maximum atomic E-state index is 4.60. The van der Waals surface area contributed by atoms with Crippen LogP contribution in [-0.4, -0.2) is 9.55 Å². The van der Waals surface area contributed by atoms with Crippen molar-refractivity contribution in [3.05, 3.63) is 40.2 Å². The van der Waals surface area contributed by atoms with Gasteiger partial charge in [0.25, 0.3) is 0 Å². The molecule has 3 rings (SSSR count). The standard InChI is InChI=1S/C17H21IN2/c1-12-9-13(2)11-16(10-12)20-8-7-19-17(20)14-3-5-15(18)6-4-14/h3-8,12-13,16H,9-11H2,1-2H3. The summed E-state index contributed by atoms with van der Waals surface area (Å²) < 4.78 is 3.67. The lowest BCUT2D eigenvalue weighted by atomic mass is 9.80. The van der Waals surface area contributed by atoms with E-state index in [1.54, 1.807) is 0 Å². The zero-order valence-electron chi connectivity index (χ0n) is 12.1. The molecule has 1 saturated carbocycles. The molecule has 0 amide bonds. The molecular formula is C17H21IN2. The molecule has 1 aromatic heterocycles. The molecule has 1 aliphatic carbocycles. The molecule has 20 heavy (non-hydrogen) atoms. The van der Waals surface area contributed by atoms with Crippen LogP contribution >= 0.6 is 22.6 Å². The Morgan fingerprint density at radius 2 is 1.70 bits per heavy atom. The molecule has 2 nitrogen and oxygen atoms in total. The number of imidazole rings is 1. The predicted octanol–water partition coefficient (Wildman–Crippen LogP) is 5.15. The van der Waals surface area contributed by atoms with E-state index in [0.29, 0.717) is 6.04 Å². The van der Waals surface area contributed by atoms with Crippen LogP contribution in [0.3, 0.4) is 0 Å². The number of hydrogen-bond acceptors (Lipinski definition) is 1. The number of nitrogens with zero attached hydrogens (tertiary/aromatic N) is 2. The normalized spacial score (nSPS) is 26.6. The van der Waals surface area contributed by atoms with Crippen molar-refractivity contribution in [3.63, 3.8) is 0 Å². The molecule has 2 aromatic rings. The van der Waals surface area contributed by atoms with Crippen molar-refractivity contribution < 1.29 is 0 Å². The van der Waals surface area contributed by atoms with Gasteiger partial charge in [-0.05, 0) is 65.8 Å². The number of hydrogen-bond donors (Lipinski definition) is 0. The second-order valence-electron chi connectivity index (χ2n) is 6.24. The van der Waals surface area contributed by atoms with E-state index in [1.807, 2.05) is 6.20 Å². The number of halogens is 1.